The Labute approximate surface area is 95.6 Å². The number of nitrogen functional groups attached to an aromatic ring is 1. The molecule has 0 atom stereocenters. The van der Waals surface area contributed by atoms with Crippen LogP contribution in [0.2, 0.25) is 5.28 Å². The molecule has 16 heavy (non-hydrogen) atoms. The Hall–Kier alpha value is -1.89. The Kier molecular flexibility index (Phi) is 2.61. The van der Waals surface area contributed by atoms with E-state index in [1.54, 1.807) is 0 Å². The van der Waals surface area contributed by atoms with Crippen molar-refractivity contribution in [2.75, 3.05) is 23.7 Å². The number of amides is 2. The Bertz CT molecular complexity index is 448. The van der Waals surface area contributed by atoms with Crippen molar-refractivity contribution >= 4 is 34.9 Å². The van der Waals surface area contributed by atoms with Gasteiger partial charge in [0.2, 0.25) is 17.1 Å². The number of rotatable bonds is 1. The maximum Gasteiger partial charge on any atom is 0.246 e. The second kappa shape index (κ2) is 3.93. The van der Waals surface area contributed by atoms with E-state index < -0.39 is 11.8 Å². The second-order valence-corrected chi connectivity index (χ2v) is 3.58. The summed E-state index contributed by atoms with van der Waals surface area (Å²) in [7, 11) is 0. The number of aromatic nitrogens is 2. The predicted molar refractivity (Wildman–Crippen MR) is 56.8 cm³/mol. The van der Waals surface area contributed by atoms with Crippen LogP contribution in [0.3, 0.4) is 0 Å². The molecule has 1 aromatic heterocycles. The lowest BCUT2D eigenvalue weighted by atomic mass is 10.3. The maximum atomic E-state index is 11.2. The molecule has 0 bridgehead atoms. The minimum absolute atomic E-state index is 0.0163. The molecular weight excluding hydrogens is 234 g/mol. The minimum atomic E-state index is -0.398. The van der Waals surface area contributed by atoms with E-state index in [-0.39, 0.29) is 24.1 Å². The van der Waals surface area contributed by atoms with Crippen LogP contribution in [0.1, 0.15) is 0 Å². The van der Waals surface area contributed by atoms with Crippen molar-refractivity contribution in [3.63, 3.8) is 0 Å². The average molecular weight is 242 g/mol. The lowest BCUT2D eigenvalue weighted by molar-refractivity contribution is -0.130. The number of piperazine rings is 1. The van der Waals surface area contributed by atoms with E-state index in [1.807, 2.05) is 0 Å². The highest BCUT2D eigenvalue weighted by atomic mass is 35.5. The SMILES string of the molecule is Nc1cnc(Cl)nc1N1CC(=O)NC(=O)C1. The summed E-state index contributed by atoms with van der Waals surface area (Å²) in [5.41, 5.74) is 5.91. The van der Waals surface area contributed by atoms with Crippen LogP contribution in [-0.2, 0) is 9.59 Å². The molecule has 0 unspecified atom stereocenters. The monoisotopic (exact) mass is 241 g/mol. The van der Waals surface area contributed by atoms with Crippen LogP contribution >= 0.6 is 11.6 Å². The number of nitrogens with two attached hydrogens (primary N) is 1. The summed E-state index contributed by atoms with van der Waals surface area (Å²) in [4.78, 5) is 31.4. The van der Waals surface area contributed by atoms with Crippen molar-refractivity contribution in [3.05, 3.63) is 11.5 Å². The Balaban J connectivity index is 2.32. The normalized spacial score (nSPS) is 16.2. The zero-order valence-electron chi connectivity index (χ0n) is 8.11. The molecule has 2 amide bonds. The lowest BCUT2D eigenvalue weighted by Gasteiger charge is -2.26. The van der Waals surface area contributed by atoms with Crippen molar-refractivity contribution in [2.45, 2.75) is 0 Å². The van der Waals surface area contributed by atoms with Gasteiger partial charge in [-0.25, -0.2) is 4.98 Å². The standard InChI is InChI=1S/C8H8ClN5O2/c9-8-11-1-4(10)7(13-8)14-2-5(15)12-6(16)3-14/h1H,2-3,10H2,(H,12,15,16). The Morgan fingerprint density at radius 3 is 2.62 bits per heavy atom. The molecule has 0 aliphatic carbocycles. The third-order valence-corrected chi connectivity index (χ3v) is 2.20. The van der Waals surface area contributed by atoms with Crippen molar-refractivity contribution in [2.24, 2.45) is 0 Å². The molecule has 3 N–H and O–H groups in total. The summed E-state index contributed by atoms with van der Waals surface area (Å²) >= 11 is 5.62. The summed E-state index contributed by atoms with van der Waals surface area (Å²) in [6, 6.07) is 0. The minimum Gasteiger partial charge on any atom is -0.394 e. The molecule has 1 aliphatic rings. The van der Waals surface area contributed by atoms with Crippen LogP contribution in [0.5, 0.6) is 0 Å². The van der Waals surface area contributed by atoms with Crippen LogP contribution in [0.25, 0.3) is 0 Å². The number of nitrogens with zero attached hydrogens (tertiary/aromatic N) is 3. The van der Waals surface area contributed by atoms with Gasteiger partial charge in [0.25, 0.3) is 0 Å². The van der Waals surface area contributed by atoms with Gasteiger partial charge in [-0.05, 0) is 11.6 Å². The van der Waals surface area contributed by atoms with Gasteiger partial charge in [0.15, 0.2) is 5.82 Å². The summed E-state index contributed by atoms with van der Waals surface area (Å²) < 4.78 is 0. The van der Waals surface area contributed by atoms with E-state index in [9.17, 15) is 9.59 Å². The third kappa shape index (κ3) is 2.03. The van der Waals surface area contributed by atoms with E-state index in [0.29, 0.717) is 5.82 Å². The molecule has 0 spiro atoms. The highest BCUT2D eigenvalue weighted by Gasteiger charge is 2.25. The molecule has 7 nitrogen and oxygen atoms in total. The Morgan fingerprint density at radius 2 is 2.00 bits per heavy atom. The fraction of sp³-hybridized carbons (Fsp3) is 0.250. The zero-order chi connectivity index (χ0) is 11.7. The van der Waals surface area contributed by atoms with E-state index in [1.165, 1.54) is 11.1 Å². The summed E-state index contributed by atoms with van der Waals surface area (Å²) in [5.74, 6) is -0.501. The van der Waals surface area contributed by atoms with Gasteiger partial charge in [-0.2, -0.15) is 4.98 Å². The molecule has 2 heterocycles. The van der Waals surface area contributed by atoms with E-state index in [4.69, 9.17) is 17.3 Å². The summed E-state index contributed by atoms with van der Waals surface area (Å²) in [5, 5.41) is 2.19. The van der Waals surface area contributed by atoms with Crippen LogP contribution in [0.4, 0.5) is 11.5 Å². The smallest absolute Gasteiger partial charge is 0.246 e. The number of halogens is 1. The zero-order valence-corrected chi connectivity index (χ0v) is 8.86. The van der Waals surface area contributed by atoms with Crippen LogP contribution < -0.4 is 16.0 Å². The first-order valence-corrected chi connectivity index (χ1v) is 4.79. The number of carbonyl (C=O) groups excluding carboxylic acids is 2. The van der Waals surface area contributed by atoms with Gasteiger partial charge in [0, 0.05) is 0 Å². The van der Waals surface area contributed by atoms with Crippen LogP contribution in [-0.4, -0.2) is 34.9 Å². The van der Waals surface area contributed by atoms with E-state index in [2.05, 4.69) is 15.3 Å². The molecule has 1 fully saturated rings. The van der Waals surface area contributed by atoms with Gasteiger partial charge < -0.3 is 10.6 Å². The van der Waals surface area contributed by atoms with Gasteiger partial charge in [0.1, 0.15) is 0 Å². The number of hydrogen-bond acceptors (Lipinski definition) is 6. The van der Waals surface area contributed by atoms with Crippen LogP contribution in [0.15, 0.2) is 6.20 Å². The average Bonchev–Trinajstić information content (AvgIpc) is 2.20. The van der Waals surface area contributed by atoms with Gasteiger partial charge in [0.05, 0.1) is 25.0 Å². The fourth-order valence-electron chi connectivity index (χ4n) is 1.40. The molecule has 1 saturated heterocycles. The molecule has 0 saturated carbocycles. The van der Waals surface area contributed by atoms with Crippen molar-refractivity contribution in [1.82, 2.24) is 15.3 Å². The molecule has 1 aliphatic heterocycles. The van der Waals surface area contributed by atoms with Gasteiger partial charge >= 0.3 is 0 Å². The quantitative estimate of drug-likeness (QED) is 0.492. The summed E-state index contributed by atoms with van der Waals surface area (Å²) in [6.45, 7) is 0.0343. The first-order valence-electron chi connectivity index (χ1n) is 4.42. The van der Waals surface area contributed by atoms with E-state index >= 15 is 0 Å². The number of anilines is 2. The largest absolute Gasteiger partial charge is 0.394 e. The number of nitrogens with one attached hydrogen (secondary N) is 1. The van der Waals surface area contributed by atoms with Crippen molar-refractivity contribution < 1.29 is 9.59 Å². The molecule has 2 rings (SSSR count). The Morgan fingerprint density at radius 1 is 1.38 bits per heavy atom. The van der Waals surface area contributed by atoms with Crippen molar-refractivity contribution in [1.29, 1.82) is 0 Å². The summed E-state index contributed by atoms with van der Waals surface area (Å²) in [6.07, 6.45) is 1.33. The molecule has 8 heteroatoms. The van der Waals surface area contributed by atoms with Crippen molar-refractivity contribution in [3.8, 4) is 0 Å². The third-order valence-electron chi connectivity index (χ3n) is 2.01. The lowest BCUT2D eigenvalue weighted by Crippen LogP contribution is -2.52. The highest BCUT2D eigenvalue weighted by molar-refractivity contribution is 6.28. The first kappa shape index (κ1) is 10.6. The molecule has 1 aromatic rings. The van der Waals surface area contributed by atoms with Gasteiger partial charge in [-0.3, -0.25) is 14.9 Å². The second-order valence-electron chi connectivity index (χ2n) is 3.25. The maximum absolute atomic E-state index is 11.2. The topological polar surface area (TPSA) is 101 Å². The number of imide groups is 1. The molecule has 0 aromatic carbocycles. The van der Waals surface area contributed by atoms with Gasteiger partial charge in [-0.1, -0.05) is 0 Å². The predicted octanol–water partition coefficient (Wildman–Crippen LogP) is -0.825. The van der Waals surface area contributed by atoms with Crippen LogP contribution in [0, 0.1) is 0 Å². The van der Waals surface area contributed by atoms with Gasteiger partial charge in [-0.15, -0.1) is 0 Å². The number of carbonyl (C=O) groups is 2. The molecular formula is C8H8ClN5O2. The highest BCUT2D eigenvalue weighted by Crippen LogP contribution is 2.21. The number of hydrogen-bond donors (Lipinski definition) is 2. The van der Waals surface area contributed by atoms with E-state index in [0.717, 1.165) is 0 Å². The first-order chi connectivity index (χ1) is 7.56. The molecule has 84 valence electrons. The molecule has 0 radical (unpaired) electrons. The fourth-order valence-corrected chi connectivity index (χ4v) is 1.53.